The number of nitrogens with two attached hydrogens (primary N) is 4. The molecule has 16 heteroatoms. The van der Waals surface area contributed by atoms with Crippen LogP contribution >= 0.6 is 0 Å². The van der Waals surface area contributed by atoms with E-state index < -0.39 is 66.5 Å². The maximum atomic E-state index is 13.1. The molecule has 0 bridgehead atoms. The van der Waals surface area contributed by atoms with Crippen LogP contribution in [0.2, 0.25) is 0 Å². The fourth-order valence-electron chi connectivity index (χ4n) is 3.10. The minimum absolute atomic E-state index is 0.0763. The average Bonchev–Trinajstić information content (AvgIpc) is 2.87. The molecule has 0 unspecified atom stereocenters. The van der Waals surface area contributed by atoms with Crippen LogP contribution in [-0.2, 0) is 24.0 Å². The number of aliphatic imine (C=N–C) groups is 1. The minimum Gasteiger partial charge on any atom is -0.394 e. The quantitative estimate of drug-likeness (QED) is 0.0317. The first-order chi connectivity index (χ1) is 17.9. The molecule has 14 N–H and O–H groups in total. The standard InChI is InChI=1S/C22H43N9O7/c1-12(28-21(38)17(24)13(2)34)18(35)30-16(7-5-9-27-22(25)26)20(37)31-15(6-3-4-8-23)19(36)29-14(10-32)11-33/h10,12-17,33-34H,3-9,11,23-24H2,1-2H3,(H,28,38)(H,29,36)(H,30,35)(H,31,37)(H4,25,26,27)/t12-,13+,14+,15-,16-,17-/m0/s1. The van der Waals surface area contributed by atoms with E-state index in [1.165, 1.54) is 13.8 Å². The Morgan fingerprint density at radius 3 is 1.92 bits per heavy atom. The number of aldehydes is 1. The van der Waals surface area contributed by atoms with E-state index in [1.807, 2.05) is 0 Å². The van der Waals surface area contributed by atoms with Crippen LogP contribution in [0.15, 0.2) is 4.99 Å². The van der Waals surface area contributed by atoms with Crippen molar-refractivity contribution in [2.24, 2.45) is 27.9 Å². The van der Waals surface area contributed by atoms with Crippen molar-refractivity contribution in [3.05, 3.63) is 0 Å². The average molecular weight is 546 g/mol. The normalized spacial score (nSPS) is 15.5. The van der Waals surface area contributed by atoms with Crippen molar-refractivity contribution < 1.29 is 34.2 Å². The Morgan fingerprint density at radius 1 is 0.868 bits per heavy atom. The van der Waals surface area contributed by atoms with Crippen molar-refractivity contribution in [3.63, 3.8) is 0 Å². The lowest BCUT2D eigenvalue weighted by Gasteiger charge is -2.25. The van der Waals surface area contributed by atoms with Crippen molar-refractivity contribution in [2.75, 3.05) is 19.7 Å². The van der Waals surface area contributed by atoms with Crippen LogP contribution < -0.4 is 44.2 Å². The van der Waals surface area contributed by atoms with Gasteiger partial charge in [-0.3, -0.25) is 24.2 Å². The van der Waals surface area contributed by atoms with E-state index >= 15 is 0 Å². The third-order valence-electron chi connectivity index (χ3n) is 5.42. The van der Waals surface area contributed by atoms with E-state index in [0.717, 1.165) is 0 Å². The molecule has 0 radical (unpaired) electrons. The van der Waals surface area contributed by atoms with Crippen molar-refractivity contribution >= 4 is 35.9 Å². The summed E-state index contributed by atoms with van der Waals surface area (Å²) in [4.78, 5) is 65.5. The number of carbonyl (C=O) groups excluding carboxylic acids is 5. The van der Waals surface area contributed by atoms with Crippen LogP contribution in [0.4, 0.5) is 0 Å². The van der Waals surface area contributed by atoms with Crippen molar-refractivity contribution in [2.45, 2.75) is 82.3 Å². The molecule has 4 amide bonds. The second kappa shape index (κ2) is 18.8. The van der Waals surface area contributed by atoms with Gasteiger partial charge in [0.2, 0.25) is 23.6 Å². The Labute approximate surface area is 221 Å². The molecule has 0 aliphatic carbocycles. The summed E-state index contributed by atoms with van der Waals surface area (Å²) in [6.45, 7) is 2.60. The zero-order chi connectivity index (χ0) is 29.3. The molecule has 0 saturated heterocycles. The fraction of sp³-hybridized carbons (Fsp3) is 0.727. The number of hydrogen-bond donors (Lipinski definition) is 10. The second-order valence-corrected chi connectivity index (χ2v) is 8.79. The molecule has 0 saturated carbocycles. The summed E-state index contributed by atoms with van der Waals surface area (Å²) >= 11 is 0. The molecular weight excluding hydrogens is 502 g/mol. The maximum Gasteiger partial charge on any atom is 0.243 e. The van der Waals surface area contributed by atoms with Gasteiger partial charge in [0.15, 0.2) is 5.96 Å². The highest BCUT2D eigenvalue weighted by Gasteiger charge is 2.29. The lowest BCUT2D eigenvalue weighted by molar-refractivity contribution is -0.134. The van der Waals surface area contributed by atoms with Gasteiger partial charge in [0.05, 0.1) is 12.7 Å². The van der Waals surface area contributed by atoms with E-state index in [1.54, 1.807) is 0 Å². The van der Waals surface area contributed by atoms with Gasteiger partial charge in [0.1, 0.15) is 36.5 Å². The Hall–Kier alpha value is -3.34. The van der Waals surface area contributed by atoms with Gasteiger partial charge in [-0.25, -0.2) is 0 Å². The molecule has 0 aromatic carbocycles. The van der Waals surface area contributed by atoms with Crippen LogP contribution in [0, 0.1) is 0 Å². The molecule has 0 aliphatic rings. The third kappa shape index (κ3) is 13.8. The molecule has 0 aromatic rings. The largest absolute Gasteiger partial charge is 0.394 e. The molecule has 6 atom stereocenters. The van der Waals surface area contributed by atoms with Crippen molar-refractivity contribution in [1.29, 1.82) is 0 Å². The Morgan fingerprint density at radius 2 is 1.42 bits per heavy atom. The van der Waals surface area contributed by atoms with E-state index in [2.05, 4.69) is 26.3 Å². The van der Waals surface area contributed by atoms with E-state index in [0.29, 0.717) is 25.7 Å². The molecular formula is C22H43N9O7. The lowest BCUT2D eigenvalue weighted by atomic mass is 10.1. The van der Waals surface area contributed by atoms with Gasteiger partial charge < -0.3 is 59.2 Å². The molecule has 0 aromatic heterocycles. The highest BCUT2D eigenvalue weighted by atomic mass is 16.3. The molecule has 0 spiro atoms. The molecule has 0 heterocycles. The van der Waals surface area contributed by atoms with Gasteiger partial charge in [-0.2, -0.15) is 0 Å². The zero-order valence-corrected chi connectivity index (χ0v) is 21.9. The number of carbonyl (C=O) groups is 5. The van der Waals surface area contributed by atoms with E-state index in [9.17, 15) is 34.2 Å². The number of hydrogen-bond acceptors (Lipinski definition) is 10. The predicted molar refractivity (Wildman–Crippen MR) is 139 cm³/mol. The summed E-state index contributed by atoms with van der Waals surface area (Å²) in [6.07, 6.45) is 0.812. The Kier molecular flexibility index (Phi) is 17.2. The number of unbranched alkanes of at least 4 members (excludes halogenated alkanes) is 1. The Balaban J connectivity index is 5.59. The van der Waals surface area contributed by atoms with Crippen molar-refractivity contribution in [1.82, 2.24) is 21.3 Å². The molecule has 0 fully saturated rings. The van der Waals surface area contributed by atoms with Crippen LogP contribution in [0.5, 0.6) is 0 Å². The number of guanidine groups is 1. The van der Waals surface area contributed by atoms with Gasteiger partial charge >= 0.3 is 0 Å². The van der Waals surface area contributed by atoms with Crippen LogP contribution in [-0.4, -0.2) is 102 Å². The highest BCUT2D eigenvalue weighted by Crippen LogP contribution is 2.05. The smallest absolute Gasteiger partial charge is 0.243 e. The minimum atomic E-state index is -1.26. The van der Waals surface area contributed by atoms with Crippen molar-refractivity contribution in [3.8, 4) is 0 Å². The summed E-state index contributed by atoms with van der Waals surface area (Å²) < 4.78 is 0. The number of aliphatic hydroxyl groups is 2. The first kappa shape index (κ1) is 34.7. The lowest BCUT2D eigenvalue weighted by Crippen LogP contribution is -2.58. The molecule has 0 aliphatic heterocycles. The number of nitrogens with zero attached hydrogens (tertiary/aromatic N) is 1. The van der Waals surface area contributed by atoms with E-state index in [-0.39, 0.29) is 31.8 Å². The van der Waals surface area contributed by atoms with Gasteiger partial charge in [-0.05, 0) is 52.5 Å². The van der Waals surface area contributed by atoms with Gasteiger partial charge in [-0.15, -0.1) is 0 Å². The zero-order valence-electron chi connectivity index (χ0n) is 21.9. The number of nitrogens with one attached hydrogen (secondary N) is 4. The van der Waals surface area contributed by atoms with E-state index in [4.69, 9.17) is 22.9 Å². The Bertz CT molecular complexity index is 806. The topological polar surface area (TPSA) is 290 Å². The predicted octanol–water partition coefficient (Wildman–Crippen LogP) is -4.97. The first-order valence-electron chi connectivity index (χ1n) is 12.3. The second-order valence-electron chi connectivity index (χ2n) is 8.79. The summed E-state index contributed by atoms with van der Waals surface area (Å²) in [5, 5.41) is 28.5. The monoisotopic (exact) mass is 545 g/mol. The summed E-state index contributed by atoms with van der Waals surface area (Å²) in [7, 11) is 0. The molecule has 16 nitrogen and oxygen atoms in total. The molecule has 38 heavy (non-hydrogen) atoms. The highest BCUT2D eigenvalue weighted by molar-refractivity contribution is 5.95. The van der Waals surface area contributed by atoms with Gasteiger partial charge in [0, 0.05) is 6.54 Å². The van der Waals surface area contributed by atoms with Gasteiger partial charge in [0.25, 0.3) is 0 Å². The summed E-state index contributed by atoms with van der Waals surface area (Å²) in [6, 6.07) is -5.75. The third-order valence-corrected chi connectivity index (χ3v) is 5.42. The van der Waals surface area contributed by atoms with Crippen LogP contribution in [0.3, 0.4) is 0 Å². The number of amides is 4. The van der Waals surface area contributed by atoms with Crippen LogP contribution in [0.25, 0.3) is 0 Å². The first-order valence-corrected chi connectivity index (χ1v) is 12.3. The van der Waals surface area contributed by atoms with Gasteiger partial charge in [-0.1, -0.05) is 0 Å². The molecule has 218 valence electrons. The summed E-state index contributed by atoms with van der Waals surface area (Å²) in [5.41, 5.74) is 21.7. The molecule has 0 rings (SSSR count). The fourth-order valence-corrected chi connectivity index (χ4v) is 3.10. The number of aliphatic hydroxyl groups excluding tert-OH is 2. The number of rotatable bonds is 19. The maximum absolute atomic E-state index is 13.1. The van der Waals surface area contributed by atoms with Crippen LogP contribution in [0.1, 0.15) is 46.0 Å². The SMILES string of the molecule is C[C@H](NC(=O)[C@@H](N)[C@@H](C)O)C(=O)N[C@@H](CCCN=C(N)N)C(=O)N[C@@H](CCCCN)C(=O)N[C@H](C=O)CO. The summed E-state index contributed by atoms with van der Waals surface area (Å²) in [5.74, 6) is -3.03.